The number of hydrogen-bond acceptors (Lipinski definition) is 5. The minimum absolute atomic E-state index is 0.282. The second-order valence-corrected chi connectivity index (χ2v) is 7.09. The Morgan fingerprint density at radius 1 is 1.14 bits per heavy atom. The summed E-state index contributed by atoms with van der Waals surface area (Å²) in [5.41, 5.74) is 2.70. The molecule has 1 heterocycles. The van der Waals surface area contributed by atoms with Crippen LogP contribution in [-0.4, -0.2) is 23.0 Å². The van der Waals surface area contributed by atoms with Crippen LogP contribution in [0.5, 0.6) is 11.5 Å². The number of fused-ring (bicyclic) bond motifs is 1. The number of ether oxygens (including phenoxy) is 2. The van der Waals surface area contributed by atoms with E-state index in [-0.39, 0.29) is 10.9 Å². The zero-order chi connectivity index (χ0) is 20.4. The van der Waals surface area contributed by atoms with Crippen LogP contribution >= 0.6 is 11.6 Å². The van der Waals surface area contributed by atoms with Gasteiger partial charge in [-0.1, -0.05) is 54.1 Å². The summed E-state index contributed by atoms with van der Waals surface area (Å²) in [6.07, 6.45) is 9.44. The first-order valence-corrected chi connectivity index (χ1v) is 9.60. The summed E-state index contributed by atoms with van der Waals surface area (Å²) in [6.45, 7) is 1.33. The molecule has 1 aliphatic rings. The van der Waals surface area contributed by atoms with E-state index in [0.717, 1.165) is 12.0 Å². The van der Waals surface area contributed by atoms with Crippen molar-refractivity contribution in [3.63, 3.8) is 0 Å². The van der Waals surface area contributed by atoms with E-state index in [2.05, 4.69) is 46.4 Å². The van der Waals surface area contributed by atoms with Crippen molar-refractivity contribution in [1.82, 2.24) is 9.97 Å². The first-order valence-electron chi connectivity index (χ1n) is 9.22. The zero-order valence-electron chi connectivity index (χ0n) is 16.1. The van der Waals surface area contributed by atoms with Gasteiger partial charge in [-0.25, -0.2) is 9.97 Å². The molecule has 0 aliphatic heterocycles. The molecule has 5 nitrogen and oxygen atoms in total. The average molecular weight is 407 g/mol. The largest absolute Gasteiger partial charge is 0.493 e. The van der Waals surface area contributed by atoms with E-state index in [1.807, 2.05) is 12.1 Å². The Morgan fingerprint density at radius 3 is 2.72 bits per heavy atom. The molecule has 0 saturated carbocycles. The van der Waals surface area contributed by atoms with Gasteiger partial charge in [0.05, 0.1) is 12.6 Å². The van der Waals surface area contributed by atoms with E-state index in [4.69, 9.17) is 21.1 Å². The molecule has 1 aliphatic carbocycles. The summed E-state index contributed by atoms with van der Waals surface area (Å²) < 4.78 is 10.6. The SMILES string of the molecule is COc1cc2nc(-c3cccc(C4C=CC=CC4)c3)nc(Cl)c2cc1OC(C)=O. The van der Waals surface area contributed by atoms with Crippen LogP contribution in [0.1, 0.15) is 24.8 Å². The maximum Gasteiger partial charge on any atom is 0.308 e. The van der Waals surface area contributed by atoms with Crippen LogP contribution in [0.25, 0.3) is 22.3 Å². The predicted octanol–water partition coefficient (Wildman–Crippen LogP) is 5.48. The number of methoxy groups -OCH3 is 1. The van der Waals surface area contributed by atoms with Crippen molar-refractivity contribution in [2.24, 2.45) is 0 Å². The first kappa shape index (κ1) is 19.2. The third-order valence-electron chi connectivity index (χ3n) is 4.74. The highest BCUT2D eigenvalue weighted by atomic mass is 35.5. The number of esters is 1. The third-order valence-corrected chi connectivity index (χ3v) is 5.03. The van der Waals surface area contributed by atoms with Gasteiger partial charge in [-0.3, -0.25) is 4.79 Å². The molecule has 146 valence electrons. The summed E-state index contributed by atoms with van der Waals surface area (Å²) in [4.78, 5) is 20.5. The summed E-state index contributed by atoms with van der Waals surface area (Å²) in [5.74, 6) is 1.11. The molecule has 0 spiro atoms. The Morgan fingerprint density at radius 2 is 2.00 bits per heavy atom. The van der Waals surface area contributed by atoms with Crippen molar-refractivity contribution in [3.05, 3.63) is 71.4 Å². The van der Waals surface area contributed by atoms with Crippen LogP contribution < -0.4 is 9.47 Å². The third kappa shape index (κ3) is 4.00. The lowest BCUT2D eigenvalue weighted by molar-refractivity contribution is -0.132. The van der Waals surface area contributed by atoms with Gasteiger partial charge in [0.1, 0.15) is 5.15 Å². The van der Waals surface area contributed by atoms with E-state index < -0.39 is 5.97 Å². The highest BCUT2D eigenvalue weighted by Gasteiger charge is 2.16. The maximum absolute atomic E-state index is 11.4. The number of rotatable bonds is 4. The van der Waals surface area contributed by atoms with Gasteiger partial charge in [0, 0.05) is 29.9 Å². The Hall–Kier alpha value is -3.18. The minimum atomic E-state index is -0.445. The molecule has 1 atom stereocenters. The molecule has 0 fully saturated rings. The molecule has 6 heteroatoms. The number of carbonyl (C=O) groups excluding carboxylic acids is 1. The van der Waals surface area contributed by atoms with E-state index >= 15 is 0 Å². The molecule has 0 bridgehead atoms. The number of allylic oxidation sites excluding steroid dienone is 4. The minimum Gasteiger partial charge on any atom is -0.493 e. The van der Waals surface area contributed by atoms with Crippen molar-refractivity contribution in [1.29, 1.82) is 0 Å². The number of benzene rings is 2. The maximum atomic E-state index is 11.4. The van der Waals surface area contributed by atoms with Crippen LogP contribution in [0.15, 0.2) is 60.7 Å². The average Bonchev–Trinajstić information content (AvgIpc) is 2.74. The van der Waals surface area contributed by atoms with Crippen molar-refractivity contribution < 1.29 is 14.3 Å². The number of carbonyl (C=O) groups is 1. The van der Waals surface area contributed by atoms with Crippen molar-refractivity contribution in [2.75, 3.05) is 7.11 Å². The number of hydrogen-bond donors (Lipinski definition) is 0. The van der Waals surface area contributed by atoms with E-state index in [0.29, 0.717) is 28.4 Å². The van der Waals surface area contributed by atoms with Crippen molar-refractivity contribution >= 4 is 28.5 Å². The monoisotopic (exact) mass is 406 g/mol. The van der Waals surface area contributed by atoms with Crippen LogP contribution in [-0.2, 0) is 4.79 Å². The fourth-order valence-electron chi connectivity index (χ4n) is 3.36. The van der Waals surface area contributed by atoms with E-state index in [1.54, 1.807) is 12.1 Å². The molecule has 4 rings (SSSR count). The van der Waals surface area contributed by atoms with Gasteiger partial charge in [-0.05, 0) is 24.1 Å². The van der Waals surface area contributed by atoms with Gasteiger partial charge in [-0.15, -0.1) is 0 Å². The number of aromatic nitrogens is 2. The number of nitrogens with zero attached hydrogens (tertiary/aromatic N) is 2. The Bertz CT molecular complexity index is 1150. The van der Waals surface area contributed by atoms with Gasteiger partial charge in [0.15, 0.2) is 17.3 Å². The summed E-state index contributed by atoms with van der Waals surface area (Å²) in [5, 5.41) is 0.871. The fraction of sp³-hybridized carbons (Fsp3) is 0.174. The van der Waals surface area contributed by atoms with Crippen LogP contribution in [0.3, 0.4) is 0 Å². The molecule has 0 amide bonds. The molecular formula is C23H19ClN2O3. The van der Waals surface area contributed by atoms with Crippen molar-refractivity contribution in [3.8, 4) is 22.9 Å². The molecule has 1 aromatic heterocycles. The molecule has 0 radical (unpaired) electrons. The lowest BCUT2D eigenvalue weighted by Crippen LogP contribution is -2.03. The number of halogens is 1. The molecule has 3 aromatic rings. The highest BCUT2D eigenvalue weighted by Crippen LogP contribution is 2.36. The smallest absolute Gasteiger partial charge is 0.308 e. The summed E-state index contributed by atoms with van der Waals surface area (Å²) in [6, 6.07) is 11.5. The van der Waals surface area contributed by atoms with Crippen LogP contribution in [0.4, 0.5) is 0 Å². The Balaban J connectivity index is 1.78. The highest BCUT2D eigenvalue weighted by molar-refractivity contribution is 6.34. The molecule has 0 saturated heterocycles. The van der Waals surface area contributed by atoms with Crippen LogP contribution in [0.2, 0.25) is 5.15 Å². The Kier molecular flexibility index (Phi) is 5.32. The molecule has 1 unspecified atom stereocenters. The summed E-state index contributed by atoms with van der Waals surface area (Å²) >= 11 is 6.45. The van der Waals surface area contributed by atoms with E-state index in [1.165, 1.54) is 19.6 Å². The van der Waals surface area contributed by atoms with Gasteiger partial charge in [0.25, 0.3) is 0 Å². The molecule has 0 N–H and O–H groups in total. The fourth-order valence-corrected chi connectivity index (χ4v) is 3.59. The molecule has 2 aromatic carbocycles. The van der Waals surface area contributed by atoms with Crippen molar-refractivity contribution in [2.45, 2.75) is 19.3 Å². The quantitative estimate of drug-likeness (QED) is 0.326. The molecule has 29 heavy (non-hydrogen) atoms. The second kappa shape index (κ2) is 8.05. The Labute approximate surface area is 173 Å². The van der Waals surface area contributed by atoms with Gasteiger partial charge >= 0.3 is 5.97 Å². The topological polar surface area (TPSA) is 61.3 Å². The standard InChI is InChI=1S/C23H19ClN2O3/c1-14(27)29-21-12-18-19(13-20(21)28-2)25-23(26-22(18)24)17-10-6-9-16(11-17)15-7-4-3-5-8-15/h3-7,9-13,15H,8H2,1-2H3. The zero-order valence-corrected chi connectivity index (χ0v) is 16.8. The lowest BCUT2D eigenvalue weighted by Gasteiger charge is -2.15. The van der Waals surface area contributed by atoms with Gasteiger partial charge in [-0.2, -0.15) is 0 Å². The normalized spacial score (nSPS) is 15.5. The second-order valence-electron chi connectivity index (χ2n) is 6.73. The van der Waals surface area contributed by atoms with Gasteiger partial charge in [0.2, 0.25) is 0 Å². The lowest BCUT2D eigenvalue weighted by atomic mass is 9.91. The summed E-state index contributed by atoms with van der Waals surface area (Å²) in [7, 11) is 1.51. The van der Waals surface area contributed by atoms with Gasteiger partial charge < -0.3 is 9.47 Å². The first-order chi connectivity index (χ1) is 14.0. The van der Waals surface area contributed by atoms with Crippen LogP contribution in [0, 0.1) is 0 Å². The molecular weight excluding hydrogens is 388 g/mol. The predicted molar refractivity (Wildman–Crippen MR) is 113 cm³/mol. The van der Waals surface area contributed by atoms with E-state index in [9.17, 15) is 4.79 Å².